The fourth-order valence-corrected chi connectivity index (χ4v) is 0. The van der Waals surface area contributed by atoms with E-state index in [-0.39, 0.29) is 0 Å². The van der Waals surface area contributed by atoms with E-state index in [1.165, 1.54) is 0 Å². The van der Waals surface area contributed by atoms with Gasteiger partial charge in [0.25, 0.3) is 0 Å². The first kappa shape index (κ1) is 4.24. The number of hydrogen-bond acceptors (Lipinski definition) is 1. The molecule has 0 aromatic heterocycles. The van der Waals surface area contributed by atoms with E-state index in [4.69, 9.17) is 12.2 Å². The van der Waals surface area contributed by atoms with Crippen molar-refractivity contribution in [3.05, 3.63) is 0 Å². The molecule has 2 N–H and O–H groups in total. The Morgan fingerprint density at radius 2 is 1.50 bits per heavy atom. The van der Waals surface area contributed by atoms with Crippen LogP contribution in [-0.4, -0.2) is 8.38 Å². The zero-order chi connectivity index (χ0) is 3.58. The molecule has 0 aromatic carbocycles. The topological polar surface area (TPSA) is 57.5 Å². The Bertz CT molecular complexity index is 26.3. The molecule has 0 atom stereocenters. The zero-order valence-corrected chi connectivity index (χ0v) is 2.86. The molecule has 0 aliphatic heterocycles. The number of rotatable bonds is 0. The quantitative estimate of drug-likeness (QED) is 0.379. The summed E-state index contributed by atoms with van der Waals surface area (Å²) in [7, 11) is 0. The van der Waals surface area contributed by atoms with Crippen molar-refractivity contribution in [1.82, 2.24) is 0 Å². The van der Waals surface area contributed by atoms with Crippen LogP contribution in [0.1, 0.15) is 0 Å². The Morgan fingerprint density at radius 1 is 1.50 bits per heavy atom. The third kappa shape index (κ3) is 60.0. The summed E-state index contributed by atoms with van der Waals surface area (Å²) in [6, 6.07) is 0. The second-order valence-electron chi connectivity index (χ2n) is 0.214. The van der Waals surface area contributed by atoms with Gasteiger partial charge < -0.3 is 0 Å². The van der Waals surface area contributed by atoms with Gasteiger partial charge in [0.05, 0.1) is 0 Å². The van der Waals surface area contributed by atoms with Crippen molar-refractivity contribution in [3.8, 4) is 0 Å². The molecule has 0 aliphatic rings. The molecule has 4 heteroatoms. The fraction of sp³-hybridized carbons (Fsp3) is 0. The standard InChI is InChI=1S/Mn.2H2O.O/h;2*1H2;/q+2;;;/p-2. The summed E-state index contributed by atoms with van der Waals surface area (Å²) in [6.07, 6.45) is 0. The summed E-state index contributed by atoms with van der Waals surface area (Å²) in [6.45, 7) is 0. The molecule has 0 rings (SSSR count). The molecule has 0 unspecified atom stereocenters. The van der Waals surface area contributed by atoms with E-state index >= 15 is 0 Å². The molecule has 0 saturated heterocycles. The summed E-state index contributed by atoms with van der Waals surface area (Å²) in [5.74, 6) is 0. The first-order valence-electron chi connectivity index (χ1n) is 0.492. The van der Waals surface area contributed by atoms with Gasteiger partial charge in [-0.25, -0.2) is 0 Å². The van der Waals surface area contributed by atoms with Crippen molar-refractivity contribution < 1.29 is 26.7 Å². The molecule has 0 fully saturated rings. The van der Waals surface area contributed by atoms with Crippen molar-refractivity contribution in [1.29, 1.82) is 0 Å². The van der Waals surface area contributed by atoms with Crippen molar-refractivity contribution >= 4 is 0 Å². The van der Waals surface area contributed by atoms with Crippen LogP contribution in [0.5, 0.6) is 0 Å². The normalized spacial score (nSPS) is 8.75. The van der Waals surface area contributed by atoms with Crippen LogP contribution < -0.4 is 0 Å². The van der Waals surface area contributed by atoms with Crippen LogP contribution in [0.25, 0.3) is 0 Å². The van der Waals surface area contributed by atoms with Crippen LogP contribution >= 0.6 is 0 Å². The molecule has 0 aliphatic carbocycles. The molecule has 0 bridgehead atoms. The molecule has 0 spiro atoms. The van der Waals surface area contributed by atoms with Crippen LogP contribution in [0.4, 0.5) is 0 Å². The average Bonchev–Trinajstić information content (AvgIpc) is 0.811. The zero-order valence-electron chi connectivity index (χ0n) is 1.68. The van der Waals surface area contributed by atoms with E-state index in [2.05, 4.69) is 0 Å². The van der Waals surface area contributed by atoms with Gasteiger partial charge in [0.1, 0.15) is 0 Å². The van der Waals surface area contributed by atoms with Crippen molar-refractivity contribution in [2.45, 2.75) is 0 Å². The van der Waals surface area contributed by atoms with E-state index in [9.17, 15) is 0 Å². The van der Waals surface area contributed by atoms with Crippen LogP contribution in [0.3, 0.4) is 0 Å². The third-order valence-electron chi connectivity index (χ3n) is 0. The first-order valence-corrected chi connectivity index (χ1v) is 2.03. The monoisotopic (exact) mass is 105 g/mol. The van der Waals surface area contributed by atoms with Gasteiger partial charge in [-0.3, -0.25) is 0 Å². The van der Waals surface area contributed by atoms with Gasteiger partial charge in [0.2, 0.25) is 0 Å². The van der Waals surface area contributed by atoms with Gasteiger partial charge in [0, 0.05) is 0 Å². The van der Waals surface area contributed by atoms with Crippen LogP contribution in [0, 0.1) is 0 Å². The van der Waals surface area contributed by atoms with Crippen LogP contribution in [0.2, 0.25) is 0 Å². The van der Waals surface area contributed by atoms with Crippen molar-refractivity contribution in [3.63, 3.8) is 0 Å². The Labute approximate surface area is 27.6 Å². The summed E-state index contributed by atoms with van der Waals surface area (Å²) in [5.41, 5.74) is 0. The van der Waals surface area contributed by atoms with E-state index in [1.807, 2.05) is 0 Å². The SMILES string of the molecule is [O]=[Mn]([OH])[OH]. The molecule has 0 saturated carbocycles. The average molecular weight is 105 g/mol. The summed E-state index contributed by atoms with van der Waals surface area (Å²) >= 11 is -3.15. The molecule has 3 nitrogen and oxygen atoms in total. The van der Waals surface area contributed by atoms with Crippen molar-refractivity contribution in [2.75, 3.05) is 0 Å². The van der Waals surface area contributed by atoms with E-state index in [0.29, 0.717) is 0 Å². The van der Waals surface area contributed by atoms with Gasteiger partial charge in [-0.2, -0.15) is 0 Å². The molecule has 0 aromatic rings. The van der Waals surface area contributed by atoms with Gasteiger partial charge in [-0.1, -0.05) is 0 Å². The molecule has 0 radical (unpaired) electrons. The molecule has 0 amide bonds. The van der Waals surface area contributed by atoms with Crippen molar-refractivity contribution in [2.24, 2.45) is 0 Å². The third-order valence-corrected chi connectivity index (χ3v) is 0. The second kappa shape index (κ2) is 1.55. The molecule has 4 heavy (non-hydrogen) atoms. The van der Waals surface area contributed by atoms with Crippen LogP contribution in [0.15, 0.2) is 0 Å². The summed E-state index contributed by atoms with van der Waals surface area (Å²) < 4.78 is 23.1. The number of hydrogen-bond donors (Lipinski definition) is 2. The Hall–Kier alpha value is 0.239. The predicted octanol–water partition coefficient (Wildman–Crippen LogP) is -1.24. The van der Waals surface area contributed by atoms with E-state index in [0.717, 1.165) is 0 Å². The molecule has 0 heterocycles. The fourth-order valence-electron chi connectivity index (χ4n) is 0. The molecular weight excluding hydrogens is 103 g/mol. The van der Waals surface area contributed by atoms with Gasteiger partial charge in [-0.15, -0.1) is 0 Å². The first-order chi connectivity index (χ1) is 1.73. The second-order valence-corrected chi connectivity index (χ2v) is 0.881. The minimum atomic E-state index is -3.15. The van der Waals surface area contributed by atoms with Gasteiger partial charge in [0.15, 0.2) is 0 Å². The van der Waals surface area contributed by atoms with Crippen LogP contribution in [-0.2, 0) is 18.3 Å². The Balaban J connectivity index is 2.80. The molecular formula is H2MnO3. The van der Waals surface area contributed by atoms with Gasteiger partial charge >= 0.3 is 26.7 Å². The summed E-state index contributed by atoms with van der Waals surface area (Å²) in [5, 5.41) is 0. The maximum absolute atomic E-state index is 8.74. The predicted molar refractivity (Wildman–Crippen MR) is 5.12 cm³/mol. The summed E-state index contributed by atoms with van der Waals surface area (Å²) in [4.78, 5) is 0. The maximum atomic E-state index is 8.74. The van der Waals surface area contributed by atoms with Gasteiger partial charge in [-0.05, 0) is 0 Å². The Kier molecular flexibility index (Phi) is 1.64. The van der Waals surface area contributed by atoms with E-state index < -0.39 is 14.5 Å². The van der Waals surface area contributed by atoms with E-state index in [1.54, 1.807) is 0 Å². The minimum absolute atomic E-state index is 3.15. The molecule has 27 valence electrons. The Morgan fingerprint density at radius 3 is 1.50 bits per heavy atom.